The van der Waals surface area contributed by atoms with Gasteiger partial charge in [-0.15, -0.1) is 0 Å². The summed E-state index contributed by atoms with van der Waals surface area (Å²) in [5.74, 6) is 1.17. The van der Waals surface area contributed by atoms with Crippen LogP contribution in [0.2, 0.25) is 0 Å². The van der Waals surface area contributed by atoms with Crippen LogP contribution in [0.3, 0.4) is 0 Å². The minimum absolute atomic E-state index is 0.585. The van der Waals surface area contributed by atoms with Crippen LogP contribution < -0.4 is 30.5 Å². The third kappa shape index (κ3) is 5.19. The SMILES string of the molecule is O=P1(c2ccccc2)c2ccc(N(c3ccccc3)c3ccccc3)cc2Oc2cc(N(c3ccccc3)c3ccccc3)ccc21. The Labute approximate surface area is 275 Å². The summed E-state index contributed by atoms with van der Waals surface area (Å²) < 4.78 is 22.4. The molecule has 0 unspecified atom stereocenters. The zero-order valence-corrected chi connectivity index (χ0v) is 26.5. The van der Waals surface area contributed by atoms with Crippen molar-refractivity contribution in [2.45, 2.75) is 0 Å². The lowest BCUT2D eigenvalue weighted by molar-refractivity contribution is 0.485. The van der Waals surface area contributed by atoms with Gasteiger partial charge in [-0.25, -0.2) is 0 Å². The number of fused-ring (bicyclic) bond motifs is 2. The number of hydrogen-bond acceptors (Lipinski definition) is 4. The van der Waals surface area contributed by atoms with Crippen molar-refractivity contribution < 1.29 is 9.30 Å². The number of anilines is 6. The molecule has 7 aromatic carbocycles. The molecule has 5 heteroatoms. The van der Waals surface area contributed by atoms with Crippen LogP contribution >= 0.6 is 7.14 Å². The van der Waals surface area contributed by atoms with E-state index in [2.05, 4.69) is 58.3 Å². The number of nitrogens with zero attached hydrogens (tertiary/aromatic N) is 2. The second kappa shape index (κ2) is 12.2. The largest absolute Gasteiger partial charge is 0.456 e. The zero-order chi connectivity index (χ0) is 31.6. The van der Waals surface area contributed by atoms with Crippen LogP contribution in [0.25, 0.3) is 0 Å². The topological polar surface area (TPSA) is 32.8 Å². The lowest BCUT2D eigenvalue weighted by Crippen LogP contribution is -2.31. The maximum atomic E-state index is 15.6. The molecule has 47 heavy (non-hydrogen) atoms. The number of para-hydroxylation sites is 4. The molecule has 1 heterocycles. The van der Waals surface area contributed by atoms with Gasteiger partial charge in [0.05, 0.1) is 10.6 Å². The van der Waals surface area contributed by atoms with Crippen molar-refractivity contribution in [3.63, 3.8) is 0 Å². The molecule has 0 atom stereocenters. The van der Waals surface area contributed by atoms with E-state index in [9.17, 15) is 0 Å². The second-order valence-electron chi connectivity index (χ2n) is 11.4. The Bertz CT molecular complexity index is 1980. The van der Waals surface area contributed by atoms with E-state index >= 15 is 4.57 Å². The van der Waals surface area contributed by atoms with Crippen molar-refractivity contribution in [3.8, 4) is 11.5 Å². The first-order valence-electron chi connectivity index (χ1n) is 15.6. The Morgan fingerprint density at radius 1 is 0.362 bits per heavy atom. The first-order valence-corrected chi connectivity index (χ1v) is 17.3. The van der Waals surface area contributed by atoms with Gasteiger partial charge in [-0.1, -0.05) is 103 Å². The van der Waals surface area contributed by atoms with Crippen LogP contribution in [-0.2, 0) is 4.57 Å². The van der Waals surface area contributed by atoms with Gasteiger partial charge in [0.2, 0.25) is 0 Å². The molecule has 1 aliphatic rings. The monoisotopic (exact) mass is 626 g/mol. The number of rotatable bonds is 7. The summed E-state index contributed by atoms with van der Waals surface area (Å²) in [6.07, 6.45) is 0. The van der Waals surface area contributed by atoms with Crippen molar-refractivity contribution in [2.24, 2.45) is 0 Å². The number of benzene rings is 7. The summed E-state index contributed by atoms with van der Waals surface area (Å²) in [6, 6.07) is 62.9. The molecule has 0 aromatic heterocycles. The molecule has 0 saturated heterocycles. The molecule has 0 saturated carbocycles. The Hall–Kier alpha value is -5.83. The van der Waals surface area contributed by atoms with E-state index in [-0.39, 0.29) is 0 Å². The smallest absolute Gasteiger partial charge is 0.178 e. The fraction of sp³-hybridized carbons (Fsp3) is 0. The second-order valence-corrected chi connectivity index (χ2v) is 14.1. The third-order valence-electron chi connectivity index (χ3n) is 8.48. The van der Waals surface area contributed by atoms with Gasteiger partial charge in [-0.05, 0) is 72.8 Å². The van der Waals surface area contributed by atoms with Gasteiger partial charge in [0.1, 0.15) is 11.5 Å². The molecule has 0 bridgehead atoms. The van der Waals surface area contributed by atoms with Crippen LogP contribution in [0.5, 0.6) is 11.5 Å². The molecular formula is C42H31N2O2P. The van der Waals surface area contributed by atoms with Gasteiger partial charge in [-0.3, -0.25) is 0 Å². The predicted molar refractivity (Wildman–Crippen MR) is 195 cm³/mol. The lowest BCUT2D eigenvalue weighted by atomic mass is 10.1. The molecule has 0 N–H and O–H groups in total. The molecule has 0 amide bonds. The Balaban J connectivity index is 1.31. The summed E-state index contributed by atoms with van der Waals surface area (Å²) in [5, 5.41) is 2.16. The summed E-state index contributed by atoms with van der Waals surface area (Å²) >= 11 is 0. The molecule has 0 fully saturated rings. The predicted octanol–water partition coefficient (Wildman–Crippen LogP) is 10.4. The third-order valence-corrected chi connectivity index (χ3v) is 11.6. The average Bonchev–Trinajstić information content (AvgIpc) is 3.14. The van der Waals surface area contributed by atoms with Gasteiger partial charge in [-0.2, -0.15) is 0 Å². The zero-order valence-electron chi connectivity index (χ0n) is 25.6. The van der Waals surface area contributed by atoms with Gasteiger partial charge < -0.3 is 19.1 Å². The highest BCUT2D eigenvalue weighted by molar-refractivity contribution is 7.85. The van der Waals surface area contributed by atoms with E-state index in [1.807, 2.05) is 140 Å². The Morgan fingerprint density at radius 2 is 0.681 bits per heavy atom. The van der Waals surface area contributed by atoms with Crippen molar-refractivity contribution >= 4 is 57.2 Å². The normalized spacial score (nSPS) is 12.7. The van der Waals surface area contributed by atoms with E-state index in [4.69, 9.17) is 4.74 Å². The molecule has 226 valence electrons. The highest BCUT2D eigenvalue weighted by atomic mass is 31.2. The van der Waals surface area contributed by atoms with Gasteiger partial charge in [0, 0.05) is 51.6 Å². The number of hydrogen-bond donors (Lipinski definition) is 0. The highest BCUT2D eigenvalue weighted by Gasteiger charge is 2.40. The summed E-state index contributed by atoms with van der Waals surface area (Å²) in [6.45, 7) is 0. The minimum Gasteiger partial charge on any atom is -0.456 e. The molecule has 7 aromatic rings. The van der Waals surface area contributed by atoms with Crippen molar-refractivity contribution in [2.75, 3.05) is 9.80 Å². The van der Waals surface area contributed by atoms with E-state index in [1.165, 1.54) is 0 Å². The fourth-order valence-electron chi connectivity index (χ4n) is 6.33. The van der Waals surface area contributed by atoms with E-state index in [1.54, 1.807) is 0 Å². The summed E-state index contributed by atoms with van der Waals surface area (Å²) in [4.78, 5) is 4.38. The minimum atomic E-state index is -3.30. The van der Waals surface area contributed by atoms with Crippen molar-refractivity contribution in [1.82, 2.24) is 0 Å². The molecule has 0 spiro atoms. The van der Waals surface area contributed by atoms with Crippen LogP contribution in [-0.4, -0.2) is 0 Å². The Kier molecular flexibility index (Phi) is 7.41. The van der Waals surface area contributed by atoms with Crippen LogP contribution in [0.4, 0.5) is 34.1 Å². The maximum absolute atomic E-state index is 15.6. The summed E-state index contributed by atoms with van der Waals surface area (Å²) in [5.41, 5.74) is 5.90. The van der Waals surface area contributed by atoms with Crippen LogP contribution in [0.1, 0.15) is 0 Å². The molecule has 8 rings (SSSR count). The van der Waals surface area contributed by atoms with Gasteiger partial charge in [0.25, 0.3) is 0 Å². The fourth-order valence-corrected chi connectivity index (χ4v) is 9.15. The number of ether oxygens (including phenoxy) is 1. The standard InChI is InChI=1S/C42H31N2O2P/c45-47(38-24-14-5-15-25-38)41-28-26-36(43(32-16-6-1-7-17-32)33-18-8-2-9-19-33)30-39(41)46-40-31-37(27-29-42(40)47)44(34-20-10-3-11-21-34)35-22-12-4-13-23-35/h1-31H. The van der Waals surface area contributed by atoms with Crippen LogP contribution in [0, 0.1) is 0 Å². The van der Waals surface area contributed by atoms with Crippen molar-refractivity contribution in [3.05, 3.63) is 188 Å². The van der Waals surface area contributed by atoms with Gasteiger partial charge in [0.15, 0.2) is 7.14 Å². The quantitative estimate of drug-likeness (QED) is 0.165. The van der Waals surface area contributed by atoms with E-state index in [0.717, 1.165) is 39.4 Å². The van der Waals surface area contributed by atoms with E-state index < -0.39 is 7.14 Å². The molecule has 1 aliphatic heterocycles. The highest BCUT2D eigenvalue weighted by Crippen LogP contribution is 2.53. The van der Waals surface area contributed by atoms with E-state index in [0.29, 0.717) is 22.1 Å². The first kappa shape index (κ1) is 28.6. The lowest BCUT2D eigenvalue weighted by Gasteiger charge is -2.32. The van der Waals surface area contributed by atoms with Crippen molar-refractivity contribution in [1.29, 1.82) is 0 Å². The van der Waals surface area contributed by atoms with Crippen LogP contribution in [0.15, 0.2) is 188 Å². The maximum Gasteiger partial charge on any atom is 0.178 e. The first-order chi connectivity index (χ1) is 23.2. The average molecular weight is 627 g/mol. The summed E-state index contributed by atoms with van der Waals surface area (Å²) in [7, 11) is -3.30. The molecule has 0 radical (unpaired) electrons. The molecular weight excluding hydrogens is 595 g/mol. The Morgan fingerprint density at radius 3 is 1.02 bits per heavy atom. The molecule has 4 nitrogen and oxygen atoms in total. The molecule has 0 aliphatic carbocycles. The van der Waals surface area contributed by atoms with Gasteiger partial charge >= 0.3 is 0 Å².